The molecule has 0 amide bonds. The van der Waals surface area contributed by atoms with Gasteiger partial charge in [-0.2, -0.15) is 0 Å². The molecule has 0 radical (unpaired) electrons. The quantitative estimate of drug-likeness (QED) is 0.0908. The minimum absolute atomic E-state index is 0.0149. The van der Waals surface area contributed by atoms with Gasteiger partial charge in [-0.25, -0.2) is 0 Å². The van der Waals surface area contributed by atoms with Gasteiger partial charge in [-0.05, 0) is 49.7 Å². The third kappa shape index (κ3) is 16.8. The van der Waals surface area contributed by atoms with Gasteiger partial charge in [0.05, 0.1) is 25.7 Å². The molecule has 2 aromatic rings. The van der Waals surface area contributed by atoms with Gasteiger partial charge in [0.15, 0.2) is 0 Å². The van der Waals surface area contributed by atoms with E-state index >= 15 is 0 Å². The molecule has 0 saturated carbocycles. The molecule has 0 N–H and O–H groups in total. The van der Waals surface area contributed by atoms with Crippen LogP contribution in [0.1, 0.15) is 115 Å². The number of hydrogen-bond donors (Lipinski definition) is 0. The third-order valence-corrected chi connectivity index (χ3v) is 7.75. The summed E-state index contributed by atoms with van der Waals surface area (Å²) in [5.41, 5.74) is 2.48. The molecule has 40 heavy (non-hydrogen) atoms. The molecule has 0 spiro atoms. The molecule has 4 heteroatoms. The van der Waals surface area contributed by atoms with E-state index in [2.05, 4.69) is 55.5 Å². The maximum absolute atomic E-state index is 12.7. The Morgan fingerprint density at radius 1 is 0.600 bits per heavy atom. The summed E-state index contributed by atoms with van der Waals surface area (Å²) in [5, 5.41) is 0. The standard InChI is InChI=1S/C36H56O4/c1-3-40-36(37)35(27-19-9-5-7-11-21-29-39-31-34-25-17-13-18-26-34)32(2)22-14-8-4-6-10-20-28-38-30-33-23-15-12-16-24-33/h12-13,15-18,23-26,32,35H,3-11,14,19-22,27-31H2,1-2H3. The highest BCUT2D eigenvalue weighted by atomic mass is 16.5. The van der Waals surface area contributed by atoms with E-state index in [1.807, 2.05) is 19.1 Å². The first-order chi connectivity index (χ1) is 19.7. The molecule has 2 atom stereocenters. The highest BCUT2D eigenvalue weighted by Crippen LogP contribution is 2.26. The van der Waals surface area contributed by atoms with Gasteiger partial charge in [0.2, 0.25) is 0 Å². The zero-order chi connectivity index (χ0) is 28.5. The summed E-state index contributed by atoms with van der Waals surface area (Å²) >= 11 is 0. The van der Waals surface area contributed by atoms with Crippen LogP contribution < -0.4 is 0 Å². The molecule has 2 aromatic carbocycles. The molecule has 224 valence electrons. The van der Waals surface area contributed by atoms with E-state index in [9.17, 15) is 4.79 Å². The maximum atomic E-state index is 12.7. The van der Waals surface area contributed by atoms with Gasteiger partial charge in [0, 0.05) is 13.2 Å². The summed E-state index contributed by atoms with van der Waals surface area (Å²) in [7, 11) is 0. The van der Waals surface area contributed by atoms with Crippen LogP contribution in [0.2, 0.25) is 0 Å². The van der Waals surface area contributed by atoms with Crippen molar-refractivity contribution in [3.63, 3.8) is 0 Å². The van der Waals surface area contributed by atoms with Crippen LogP contribution in [0.15, 0.2) is 60.7 Å². The van der Waals surface area contributed by atoms with Gasteiger partial charge in [-0.15, -0.1) is 0 Å². The Morgan fingerprint density at radius 3 is 1.50 bits per heavy atom. The molecular formula is C36H56O4. The zero-order valence-corrected chi connectivity index (χ0v) is 25.5. The Balaban J connectivity index is 1.45. The first kappa shape index (κ1) is 34.0. The van der Waals surface area contributed by atoms with E-state index in [0.29, 0.717) is 25.7 Å². The Labute approximate surface area is 245 Å². The lowest BCUT2D eigenvalue weighted by Gasteiger charge is -2.22. The van der Waals surface area contributed by atoms with Gasteiger partial charge in [0.25, 0.3) is 0 Å². The van der Waals surface area contributed by atoms with Gasteiger partial charge < -0.3 is 14.2 Å². The molecule has 0 fully saturated rings. The van der Waals surface area contributed by atoms with Crippen molar-refractivity contribution in [1.29, 1.82) is 0 Å². The number of hydrogen-bond acceptors (Lipinski definition) is 4. The van der Waals surface area contributed by atoms with Crippen molar-refractivity contribution in [1.82, 2.24) is 0 Å². The first-order valence-electron chi connectivity index (χ1n) is 16.1. The van der Waals surface area contributed by atoms with Crippen LogP contribution in [0.4, 0.5) is 0 Å². The van der Waals surface area contributed by atoms with Crippen molar-refractivity contribution in [3.05, 3.63) is 71.8 Å². The highest BCUT2D eigenvalue weighted by Gasteiger charge is 2.25. The number of esters is 1. The molecule has 0 aliphatic carbocycles. The second-order valence-corrected chi connectivity index (χ2v) is 11.2. The summed E-state index contributed by atoms with van der Waals surface area (Å²) in [5.74, 6) is 0.460. The van der Waals surface area contributed by atoms with Crippen LogP contribution in [-0.2, 0) is 32.2 Å². The van der Waals surface area contributed by atoms with Crippen molar-refractivity contribution >= 4 is 5.97 Å². The lowest BCUT2D eigenvalue weighted by atomic mass is 9.85. The fraction of sp³-hybridized carbons (Fsp3) is 0.639. The average Bonchev–Trinajstić information content (AvgIpc) is 2.98. The van der Waals surface area contributed by atoms with E-state index in [1.165, 1.54) is 68.9 Å². The van der Waals surface area contributed by atoms with Crippen LogP contribution >= 0.6 is 0 Å². The predicted molar refractivity (Wildman–Crippen MR) is 166 cm³/mol. The van der Waals surface area contributed by atoms with E-state index in [1.54, 1.807) is 0 Å². The molecule has 2 unspecified atom stereocenters. The number of carbonyl (C=O) groups excluding carboxylic acids is 1. The monoisotopic (exact) mass is 552 g/mol. The van der Waals surface area contributed by atoms with Crippen molar-refractivity contribution in [2.75, 3.05) is 19.8 Å². The average molecular weight is 553 g/mol. The van der Waals surface area contributed by atoms with E-state index in [4.69, 9.17) is 14.2 Å². The molecule has 0 aliphatic heterocycles. The van der Waals surface area contributed by atoms with Crippen molar-refractivity contribution in [3.8, 4) is 0 Å². The summed E-state index contributed by atoms with van der Waals surface area (Å²) in [4.78, 5) is 12.7. The summed E-state index contributed by atoms with van der Waals surface area (Å²) < 4.78 is 17.0. The minimum Gasteiger partial charge on any atom is -0.466 e. The fourth-order valence-electron chi connectivity index (χ4n) is 5.27. The SMILES string of the molecule is CCOC(=O)C(CCCCCCCCOCc1ccccc1)C(C)CCCCCCCCOCc1ccccc1. The molecule has 0 aromatic heterocycles. The number of ether oxygens (including phenoxy) is 3. The van der Waals surface area contributed by atoms with Crippen LogP contribution in [0.3, 0.4) is 0 Å². The third-order valence-electron chi connectivity index (χ3n) is 7.75. The van der Waals surface area contributed by atoms with Crippen molar-refractivity contribution < 1.29 is 19.0 Å². The van der Waals surface area contributed by atoms with Crippen LogP contribution in [0, 0.1) is 11.8 Å². The fourth-order valence-corrected chi connectivity index (χ4v) is 5.27. The van der Waals surface area contributed by atoms with Crippen LogP contribution in [0.5, 0.6) is 0 Å². The molecular weight excluding hydrogens is 496 g/mol. The number of unbranched alkanes of at least 4 members (excludes halogenated alkanes) is 10. The number of benzene rings is 2. The molecule has 2 rings (SSSR count). The second-order valence-electron chi connectivity index (χ2n) is 11.2. The maximum Gasteiger partial charge on any atom is 0.309 e. The molecule has 4 nitrogen and oxygen atoms in total. The highest BCUT2D eigenvalue weighted by molar-refractivity contribution is 5.72. The number of carbonyl (C=O) groups is 1. The number of rotatable bonds is 25. The van der Waals surface area contributed by atoms with Crippen molar-refractivity contribution in [2.45, 2.75) is 117 Å². The van der Waals surface area contributed by atoms with Gasteiger partial charge in [0.1, 0.15) is 0 Å². The summed E-state index contributed by atoms with van der Waals surface area (Å²) in [6, 6.07) is 20.7. The Kier molecular flexibility index (Phi) is 20.0. The zero-order valence-electron chi connectivity index (χ0n) is 25.5. The topological polar surface area (TPSA) is 44.8 Å². The second kappa shape index (κ2) is 23.5. The van der Waals surface area contributed by atoms with Crippen molar-refractivity contribution in [2.24, 2.45) is 11.8 Å². The van der Waals surface area contributed by atoms with E-state index in [-0.39, 0.29) is 11.9 Å². The Bertz CT molecular complexity index is 838. The summed E-state index contributed by atoms with van der Waals surface area (Å²) in [6.45, 7) is 7.74. The Hall–Kier alpha value is -2.17. The molecule has 0 heterocycles. The Morgan fingerprint density at radius 2 is 1.02 bits per heavy atom. The molecule has 0 saturated heterocycles. The summed E-state index contributed by atoms with van der Waals surface area (Å²) in [6.07, 6.45) is 16.6. The van der Waals surface area contributed by atoms with E-state index in [0.717, 1.165) is 45.3 Å². The van der Waals surface area contributed by atoms with E-state index < -0.39 is 0 Å². The lowest BCUT2D eigenvalue weighted by molar-refractivity contribution is -0.150. The first-order valence-corrected chi connectivity index (χ1v) is 16.1. The van der Waals surface area contributed by atoms with Gasteiger partial charge in [-0.3, -0.25) is 4.79 Å². The molecule has 0 aliphatic rings. The predicted octanol–water partition coefficient (Wildman–Crippen LogP) is 9.70. The molecule has 0 bridgehead atoms. The lowest BCUT2D eigenvalue weighted by Crippen LogP contribution is -2.24. The normalized spacial score (nSPS) is 12.8. The van der Waals surface area contributed by atoms with Gasteiger partial charge >= 0.3 is 5.97 Å². The largest absolute Gasteiger partial charge is 0.466 e. The van der Waals surface area contributed by atoms with Gasteiger partial charge in [-0.1, -0.05) is 132 Å². The van der Waals surface area contributed by atoms with Crippen LogP contribution in [-0.4, -0.2) is 25.8 Å². The smallest absolute Gasteiger partial charge is 0.309 e. The van der Waals surface area contributed by atoms with Crippen LogP contribution in [0.25, 0.3) is 0 Å². The minimum atomic E-state index is 0.0149.